The number of rotatable bonds is 5. The van der Waals surface area contributed by atoms with E-state index in [1.807, 2.05) is 11.1 Å². The first-order valence-electron chi connectivity index (χ1n) is 13.2. The van der Waals surface area contributed by atoms with Crippen LogP contribution in [0.1, 0.15) is 119 Å². The lowest BCUT2D eigenvalue weighted by Crippen LogP contribution is -2.43. The second-order valence-electron chi connectivity index (χ2n) is 12.2. The molecule has 4 aliphatic rings. The lowest BCUT2D eigenvalue weighted by molar-refractivity contribution is 0.0666. The first-order chi connectivity index (χ1) is 13.8. The topological polar surface area (TPSA) is 0 Å². The molecule has 29 heavy (non-hydrogen) atoms. The van der Waals surface area contributed by atoms with Crippen molar-refractivity contribution in [2.75, 3.05) is 0 Å². The van der Waals surface area contributed by atoms with Gasteiger partial charge in [0.15, 0.2) is 0 Å². The first-order valence-corrected chi connectivity index (χ1v) is 13.2. The molecule has 0 amide bonds. The van der Waals surface area contributed by atoms with E-state index in [0.717, 1.165) is 23.7 Å². The van der Waals surface area contributed by atoms with Crippen LogP contribution >= 0.6 is 0 Å². The van der Waals surface area contributed by atoms with E-state index >= 15 is 0 Å². The van der Waals surface area contributed by atoms with E-state index in [9.17, 15) is 0 Å². The zero-order valence-electron chi connectivity index (χ0n) is 20.4. The van der Waals surface area contributed by atoms with E-state index in [1.54, 1.807) is 5.57 Å². The quantitative estimate of drug-likeness (QED) is 0.406. The van der Waals surface area contributed by atoms with Crippen molar-refractivity contribution in [3.8, 4) is 0 Å². The molecule has 0 radical (unpaired) electrons. The van der Waals surface area contributed by atoms with Crippen LogP contribution in [0, 0.1) is 40.4 Å². The molecule has 0 bridgehead atoms. The van der Waals surface area contributed by atoms with Crippen molar-refractivity contribution >= 4 is 0 Å². The van der Waals surface area contributed by atoms with Gasteiger partial charge in [-0.2, -0.15) is 0 Å². The van der Waals surface area contributed by atoms with Crippen LogP contribution in [0.5, 0.6) is 0 Å². The zero-order chi connectivity index (χ0) is 20.8. The molecule has 0 saturated heterocycles. The second kappa shape index (κ2) is 8.20. The molecule has 0 heterocycles. The van der Waals surface area contributed by atoms with Gasteiger partial charge in [0.1, 0.15) is 0 Å². The molecule has 0 heteroatoms. The van der Waals surface area contributed by atoms with Crippen LogP contribution in [0.3, 0.4) is 0 Å². The summed E-state index contributed by atoms with van der Waals surface area (Å²) >= 11 is 0. The van der Waals surface area contributed by atoms with Crippen molar-refractivity contribution in [1.29, 1.82) is 0 Å². The van der Waals surface area contributed by atoms with Crippen LogP contribution in [0.15, 0.2) is 22.8 Å². The Hall–Kier alpha value is -0.520. The van der Waals surface area contributed by atoms with E-state index in [-0.39, 0.29) is 0 Å². The minimum atomic E-state index is 0.578. The summed E-state index contributed by atoms with van der Waals surface area (Å²) in [6.45, 7) is 14.9. The van der Waals surface area contributed by atoms with Gasteiger partial charge in [0.25, 0.3) is 0 Å². The average Bonchev–Trinajstić information content (AvgIpc) is 3.05. The van der Waals surface area contributed by atoms with Crippen LogP contribution in [0.2, 0.25) is 0 Å². The highest BCUT2D eigenvalue weighted by Gasteiger charge is 2.55. The molecule has 1 unspecified atom stereocenters. The molecule has 0 nitrogen and oxygen atoms in total. The number of hydrogen-bond donors (Lipinski definition) is 0. The van der Waals surface area contributed by atoms with Crippen molar-refractivity contribution < 1.29 is 0 Å². The van der Waals surface area contributed by atoms with Gasteiger partial charge in [0.2, 0.25) is 0 Å². The minimum absolute atomic E-state index is 0.578. The van der Waals surface area contributed by atoms with Gasteiger partial charge in [-0.25, -0.2) is 0 Å². The fraction of sp³-hybridized carbons (Fsp3) is 0.862. The largest absolute Gasteiger partial charge is 0.0882 e. The normalized spacial score (nSPS) is 41.2. The Morgan fingerprint density at radius 3 is 2.52 bits per heavy atom. The van der Waals surface area contributed by atoms with Crippen LogP contribution < -0.4 is 0 Å². The Kier molecular flexibility index (Phi) is 6.14. The summed E-state index contributed by atoms with van der Waals surface area (Å²) in [5, 5.41) is 0. The third-order valence-corrected chi connectivity index (χ3v) is 10.7. The van der Waals surface area contributed by atoms with Crippen LogP contribution in [0.25, 0.3) is 0 Å². The maximum Gasteiger partial charge on any atom is -0.00852 e. The molecule has 0 aromatic rings. The lowest BCUT2D eigenvalue weighted by atomic mass is 9.50. The molecule has 164 valence electrons. The smallest absolute Gasteiger partial charge is 0.00852 e. The van der Waals surface area contributed by atoms with Crippen LogP contribution in [0.4, 0.5) is 0 Å². The standard InChI is InChI=1S/C29H48/c1-7-22(20(2)3)12-11-21(4)25-15-16-26-24-14-13-23-10-8-9-18-28(23,5)27(24)17-19-29(25,26)6/h7,20-21,23,25-26H,8-19H2,1-6H3/t21-,23?,25-,26+,28+,29-/m1/s1. The van der Waals surface area contributed by atoms with Crippen LogP contribution in [-0.4, -0.2) is 0 Å². The monoisotopic (exact) mass is 396 g/mol. The predicted octanol–water partition coefficient (Wildman–Crippen LogP) is 9.12. The number of hydrogen-bond acceptors (Lipinski definition) is 0. The molecule has 6 atom stereocenters. The van der Waals surface area contributed by atoms with Gasteiger partial charge in [-0.15, -0.1) is 0 Å². The maximum atomic E-state index is 2.71. The second-order valence-corrected chi connectivity index (χ2v) is 12.2. The summed E-state index contributed by atoms with van der Waals surface area (Å²) in [5.41, 5.74) is 6.82. The fourth-order valence-corrected chi connectivity index (χ4v) is 8.83. The molecule has 2 fully saturated rings. The highest BCUT2D eigenvalue weighted by molar-refractivity contribution is 5.34. The Bertz CT molecular complexity index is 664. The lowest BCUT2D eigenvalue weighted by Gasteiger charge is -2.54. The van der Waals surface area contributed by atoms with Crippen molar-refractivity contribution in [1.82, 2.24) is 0 Å². The maximum absolute atomic E-state index is 2.71. The Morgan fingerprint density at radius 1 is 1.00 bits per heavy atom. The van der Waals surface area contributed by atoms with Gasteiger partial charge in [0, 0.05) is 0 Å². The third-order valence-electron chi connectivity index (χ3n) is 10.7. The summed E-state index contributed by atoms with van der Waals surface area (Å²) in [7, 11) is 0. The molecular formula is C29H48. The van der Waals surface area contributed by atoms with Crippen molar-refractivity contribution in [3.63, 3.8) is 0 Å². The van der Waals surface area contributed by atoms with Crippen LogP contribution in [-0.2, 0) is 0 Å². The molecule has 4 rings (SSSR count). The summed E-state index contributed by atoms with van der Waals surface area (Å²) in [6.07, 6.45) is 19.9. The molecule has 2 saturated carbocycles. The van der Waals surface area contributed by atoms with Gasteiger partial charge < -0.3 is 0 Å². The molecule has 0 aliphatic heterocycles. The summed E-state index contributed by atoms with van der Waals surface area (Å²) in [4.78, 5) is 0. The van der Waals surface area contributed by atoms with E-state index in [2.05, 4.69) is 47.6 Å². The highest BCUT2D eigenvalue weighted by Crippen LogP contribution is 2.66. The summed E-state index contributed by atoms with van der Waals surface area (Å²) < 4.78 is 0. The van der Waals surface area contributed by atoms with Crippen molar-refractivity contribution in [3.05, 3.63) is 22.8 Å². The molecule has 0 aromatic heterocycles. The van der Waals surface area contributed by atoms with Gasteiger partial charge in [-0.05, 0) is 112 Å². The highest BCUT2D eigenvalue weighted by atomic mass is 14.6. The van der Waals surface area contributed by atoms with E-state index in [4.69, 9.17) is 0 Å². The molecule has 0 aromatic carbocycles. The summed E-state index contributed by atoms with van der Waals surface area (Å²) in [6, 6.07) is 0. The van der Waals surface area contributed by atoms with E-state index < -0.39 is 0 Å². The molecule has 0 spiro atoms. The van der Waals surface area contributed by atoms with Crippen molar-refractivity contribution in [2.45, 2.75) is 119 Å². The SMILES string of the molecule is CC=C(CC[C@@H](C)[C@H]1CC[C@H]2C3=C(CC[C@]12C)[C@@]1(C)CCCCC1CC3)C(C)C. The summed E-state index contributed by atoms with van der Waals surface area (Å²) in [5.74, 6) is 4.47. The van der Waals surface area contributed by atoms with Crippen molar-refractivity contribution in [2.24, 2.45) is 40.4 Å². The minimum Gasteiger partial charge on any atom is -0.0882 e. The van der Waals surface area contributed by atoms with Gasteiger partial charge in [-0.3, -0.25) is 0 Å². The Labute approximate surface area is 182 Å². The van der Waals surface area contributed by atoms with Gasteiger partial charge >= 0.3 is 0 Å². The zero-order valence-corrected chi connectivity index (χ0v) is 20.4. The third kappa shape index (κ3) is 3.59. The number of fused-ring (bicyclic) bond motifs is 4. The molecule has 0 N–H and O–H groups in total. The average molecular weight is 397 g/mol. The first kappa shape index (κ1) is 21.7. The molecular weight excluding hydrogens is 348 g/mol. The Morgan fingerprint density at radius 2 is 1.79 bits per heavy atom. The fourth-order valence-electron chi connectivity index (χ4n) is 8.83. The number of allylic oxidation sites excluding steroid dienone is 4. The van der Waals surface area contributed by atoms with Gasteiger partial charge in [0.05, 0.1) is 0 Å². The molecule has 4 aliphatic carbocycles. The van der Waals surface area contributed by atoms with E-state index in [1.165, 1.54) is 77.0 Å². The Balaban J connectivity index is 1.52. The van der Waals surface area contributed by atoms with E-state index in [0.29, 0.717) is 16.7 Å². The van der Waals surface area contributed by atoms with Gasteiger partial charge in [-0.1, -0.05) is 70.3 Å². The predicted molar refractivity (Wildman–Crippen MR) is 127 cm³/mol.